The van der Waals surface area contributed by atoms with Gasteiger partial charge in [0, 0.05) is 13.1 Å². The number of likely N-dealkylation sites (tertiary alicyclic amines) is 1. The molecule has 2 rings (SSSR count). The molecule has 1 aromatic rings. The first kappa shape index (κ1) is 15.3. The Morgan fingerprint density at radius 2 is 2.20 bits per heavy atom. The molecule has 1 unspecified atom stereocenters. The minimum atomic E-state index is -0.824. The summed E-state index contributed by atoms with van der Waals surface area (Å²) in [4.78, 5) is 2.33. The minimum absolute atomic E-state index is 0.272. The highest BCUT2D eigenvalue weighted by molar-refractivity contribution is 5.36. The summed E-state index contributed by atoms with van der Waals surface area (Å²) in [6.07, 6.45) is 0.870. The van der Waals surface area contributed by atoms with Crippen molar-refractivity contribution in [3.8, 4) is 5.75 Å². The van der Waals surface area contributed by atoms with E-state index in [-0.39, 0.29) is 5.56 Å². The van der Waals surface area contributed by atoms with E-state index in [1.165, 1.54) is 19.6 Å². The van der Waals surface area contributed by atoms with Gasteiger partial charge in [-0.15, -0.1) is 0 Å². The Labute approximate surface area is 120 Å². The Morgan fingerprint density at radius 3 is 2.80 bits per heavy atom. The van der Waals surface area contributed by atoms with Crippen molar-refractivity contribution in [2.45, 2.75) is 32.8 Å². The second-order valence-electron chi connectivity index (χ2n) is 6.35. The van der Waals surface area contributed by atoms with Crippen molar-refractivity contribution in [1.29, 1.82) is 0 Å². The lowest BCUT2D eigenvalue weighted by atomic mass is 9.93. The number of aliphatic hydroxyl groups is 1. The van der Waals surface area contributed by atoms with E-state index < -0.39 is 11.9 Å². The maximum absolute atomic E-state index is 13.9. The highest BCUT2D eigenvalue weighted by atomic mass is 19.1. The van der Waals surface area contributed by atoms with E-state index in [2.05, 4.69) is 18.7 Å². The Hall–Kier alpha value is -1.13. The number of rotatable bonds is 5. The molecule has 1 saturated heterocycles. The summed E-state index contributed by atoms with van der Waals surface area (Å²) in [7, 11) is 1.49. The van der Waals surface area contributed by atoms with Gasteiger partial charge in [-0.3, -0.25) is 0 Å². The van der Waals surface area contributed by atoms with Crippen LogP contribution in [0.1, 0.15) is 38.4 Å². The van der Waals surface area contributed by atoms with Gasteiger partial charge >= 0.3 is 0 Å². The van der Waals surface area contributed by atoms with Crippen molar-refractivity contribution >= 4 is 0 Å². The van der Waals surface area contributed by atoms with Gasteiger partial charge in [-0.2, -0.15) is 0 Å². The smallest absolute Gasteiger partial charge is 0.132 e. The predicted molar refractivity (Wildman–Crippen MR) is 77.4 cm³/mol. The fourth-order valence-corrected chi connectivity index (χ4v) is 2.88. The first-order valence-corrected chi connectivity index (χ1v) is 7.16. The fourth-order valence-electron chi connectivity index (χ4n) is 2.88. The van der Waals surface area contributed by atoms with E-state index >= 15 is 0 Å². The zero-order valence-electron chi connectivity index (χ0n) is 12.5. The summed E-state index contributed by atoms with van der Waals surface area (Å²) >= 11 is 0. The third kappa shape index (κ3) is 3.49. The normalized spacial score (nSPS) is 20.1. The van der Waals surface area contributed by atoms with Gasteiger partial charge < -0.3 is 14.7 Å². The highest BCUT2D eigenvalue weighted by Gasteiger charge is 2.29. The molecule has 1 heterocycles. The summed E-state index contributed by atoms with van der Waals surface area (Å²) < 4.78 is 19.0. The summed E-state index contributed by atoms with van der Waals surface area (Å²) in [5, 5.41) is 10.3. The molecule has 1 aliphatic heterocycles. The van der Waals surface area contributed by atoms with Gasteiger partial charge in [-0.25, -0.2) is 4.39 Å². The Balaban J connectivity index is 1.97. The second-order valence-corrected chi connectivity index (χ2v) is 6.35. The molecule has 0 aromatic heterocycles. The van der Waals surface area contributed by atoms with Crippen molar-refractivity contribution < 1.29 is 14.2 Å². The molecule has 1 N–H and O–H groups in total. The van der Waals surface area contributed by atoms with Crippen LogP contribution in [0, 0.1) is 11.2 Å². The minimum Gasteiger partial charge on any atom is -0.496 e. The van der Waals surface area contributed by atoms with Crippen LogP contribution in [0.15, 0.2) is 18.2 Å². The zero-order valence-corrected chi connectivity index (χ0v) is 12.5. The number of hydrogen-bond acceptors (Lipinski definition) is 3. The molecule has 1 atom stereocenters. The summed E-state index contributed by atoms with van der Waals surface area (Å²) in [6.45, 7) is 7.37. The molecule has 4 heteroatoms. The number of benzene rings is 1. The van der Waals surface area contributed by atoms with Gasteiger partial charge in [0.25, 0.3) is 0 Å². The van der Waals surface area contributed by atoms with Crippen LogP contribution in [-0.2, 0) is 0 Å². The number of hydrogen-bond donors (Lipinski definition) is 1. The molecule has 1 aliphatic rings. The molecule has 0 spiro atoms. The molecule has 0 saturated carbocycles. The van der Waals surface area contributed by atoms with Crippen molar-refractivity contribution in [2.24, 2.45) is 5.41 Å². The molecule has 1 aromatic carbocycles. The Bertz CT molecular complexity index is 462. The molecule has 0 amide bonds. The molecule has 1 fully saturated rings. The molecular formula is C16H24FNO2. The fraction of sp³-hybridized carbons (Fsp3) is 0.625. The van der Waals surface area contributed by atoms with Crippen LogP contribution in [0.4, 0.5) is 4.39 Å². The van der Waals surface area contributed by atoms with E-state index in [1.807, 2.05) is 0 Å². The van der Waals surface area contributed by atoms with Crippen LogP contribution in [0.5, 0.6) is 5.75 Å². The quantitative estimate of drug-likeness (QED) is 0.900. The Morgan fingerprint density at radius 1 is 1.45 bits per heavy atom. The van der Waals surface area contributed by atoms with Crippen LogP contribution in [0.25, 0.3) is 0 Å². The maximum Gasteiger partial charge on any atom is 0.132 e. The topological polar surface area (TPSA) is 32.7 Å². The molecule has 0 radical (unpaired) electrons. The van der Waals surface area contributed by atoms with E-state index in [9.17, 15) is 9.50 Å². The van der Waals surface area contributed by atoms with E-state index in [0.29, 0.717) is 17.6 Å². The van der Waals surface area contributed by atoms with Gasteiger partial charge in [0.1, 0.15) is 11.6 Å². The second kappa shape index (κ2) is 6.10. The third-order valence-corrected chi connectivity index (χ3v) is 4.04. The van der Waals surface area contributed by atoms with Crippen LogP contribution in [-0.4, -0.2) is 36.8 Å². The average Bonchev–Trinajstić information content (AvgIpc) is 2.75. The standard InChI is InChI=1S/C16H24FNO2/c1-16(2)8-10-18(11-16)9-7-13(19)15-12(17)5-4-6-14(15)20-3/h4-6,13,19H,7-11H2,1-3H3. The number of ether oxygens (including phenoxy) is 1. The average molecular weight is 281 g/mol. The monoisotopic (exact) mass is 281 g/mol. The SMILES string of the molecule is COc1cccc(F)c1C(O)CCN1CCC(C)(C)C1. The third-order valence-electron chi connectivity index (χ3n) is 4.04. The maximum atomic E-state index is 13.9. The van der Waals surface area contributed by atoms with Gasteiger partial charge in [-0.05, 0) is 36.9 Å². The number of halogens is 1. The van der Waals surface area contributed by atoms with Gasteiger partial charge in [0.15, 0.2) is 0 Å². The first-order valence-electron chi connectivity index (χ1n) is 7.16. The van der Waals surface area contributed by atoms with Crippen molar-refractivity contribution in [3.05, 3.63) is 29.6 Å². The van der Waals surface area contributed by atoms with Crippen LogP contribution >= 0.6 is 0 Å². The molecule has 0 aliphatic carbocycles. The summed E-state index contributed by atoms with van der Waals surface area (Å²) in [5.41, 5.74) is 0.620. The molecule has 20 heavy (non-hydrogen) atoms. The largest absolute Gasteiger partial charge is 0.496 e. The molecular weight excluding hydrogens is 257 g/mol. The lowest BCUT2D eigenvalue weighted by Crippen LogP contribution is -2.25. The lowest BCUT2D eigenvalue weighted by molar-refractivity contribution is 0.139. The highest BCUT2D eigenvalue weighted by Crippen LogP contribution is 2.32. The summed E-state index contributed by atoms with van der Waals surface area (Å²) in [6, 6.07) is 4.63. The van der Waals surface area contributed by atoms with Crippen molar-refractivity contribution in [3.63, 3.8) is 0 Å². The van der Waals surface area contributed by atoms with Gasteiger partial charge in [0.2, 0.25) is 0 Å². The van der Waals surface area contributed by atoms with Crippen LogP contribution in [0.3, 0.4) is 0 Å². The zero-order chi connectivity index (χ0) is 14.8. The Kier molecular flexibility index (Phi) is 4.66. The van der Waals surface area contributed by atoms with Gasteiger partial charge in [-0.1, -0.05) is 19.9 Å². The van der Waals surface area contributed by atoms with Crippen LogP contribution in [0.2, 0.25) is 0 Å². The summed E-state index contributed by atoms with van der Waals surface area (Å²) in [5.74, 6) is 0.0119. The first-order chi connectivity index (χ1) is 9.43. The van der Waals surface area contributed by atoms with E-state index in [4.69, 9.17) is 4.74 Å². The molecule has 0 bridgehead atoms. The van der Waals surface area contributed by atoms with E-state index in [1.54, 1.807) is 12.1 Å². The molecule has 3 nitrogen and oxygen atoms in total. The van der Waals surface area contributed by atoms with E-state index in [0.717, 1.165) is 19.6 Å². The van der Waals surface area contributed by atoms with Crippen LogP contribution < -0.4 is 4.74 Å². The van der Waals surface area contributed by atoms with Crippen molar-refractivity contribution in [1.82, 2.24) is 4.90 Å². The predicted octanol–water partition coefficient (Wildman–Crippen LogP) is 2.99. The van der Waals surface area contributed by atoms with Gasteiger partial charge in [0.05, 0.1) is 18.8 Å². The van der Waals surface area contributed by atoms with Crippen molar-refractivity contribution in [2.75, 3.05) is 26.7 Å². The number of methoxy groups -OCH3 is 1. The lowest BCUT2D eigenvalue weighted by Gasteiger charge is -2.22. The number of nitrogens with zero attached hydrogens (tertiary/aromatic N) is 1. The number of aliphatic hydroxyl groups excluding tert-OH is 1. The molecule has 112 valence electrons.